The number of rotatable bonds is 6. The summed E-state index contributed by atoms with van der Waals surface area (Å²) in [6.07, 6.45) is 2.66. The summed E-state index contributed by atoms with van der Waals surface area (Å²) in [6.45, 7) is 3.33. The normalized spacial score (nSPS) is 18.8. The summed E-state index contributed by atoms with van der Waals surface area (Å²) in [7, 11) is 0. The van der Waals surface area contributed by atoms with Crippen LogP contribution in [0.2, 0.25) is 0 Å². The monoisotopic (exact) mass is 395 g/mol. The lowest BCUT2D eigenvalue weighted by atomic mass is 9.94. The Balaban J connectivity index is 1.86. The molecule has 0 aliphatic carbocycles. The molecule has 4 nitrogen and oxygen atoms in total. The molecular formula is C23H25NO3S. The molecule has 1 aliphatic heterocycles. The highest BCUT2D eigenvalue weighted by molar-refractivity contribution is 7.19. The molecule has 3 aromatic rings. The molecule has 2 unspecified atom stereocenters. The SMILES string of the molecule is CCOc1ccccc1C(c1cc2ccccc2s1)N1CCCCC1C(=O)O. The zero-order chi connectivity index (χ0) is 19.5. The van der Waals surface area contributed by atoms with Crippen LogP contribution < -0.4 is 4.74 Å². The number of thiophene rings is 1. The summed E-state index contributed by atoms with van der Waals surface area (Å²) >= 11 is 1.74. The molecule has 1 fully saturated rings. The second-order valence-electron chi connectivity index (χ2n) is 7.15. The number of carbonyl (C=O) groups is 1. The summed E-state index contributed by atoms with van der Waals surface area (Å²) < 4.78 is 7.15. The Morgan fingerprint density at radius 2 is 2.00 bits per heavy atom. The summed E-state index contributed by atoms with van der Waals surface area (Å²) in [6, 6.07) is 18.0. The summed E-state index contributed by atoms with van der Waals surface area (Å²) in [5, 5.41) is 11.1. The van der Waals surface area contributed by atoms with E-state index in [0.29, 0.717) is 13.0 Å². The molecule has 2 heterocycles. The van der Waals surface area contributed by atoms with Crippen LogP contribution in [-0.4, -0.2) is 35.2 Å². The first-order chi connectivity index (χ1) is 13.7. The van der Waals surface area contributed by atoms with Crippen LogP contribution >= 0.6 is 11.3 Å². The molecule has 1 aromatic heterocycles. The minimum Gasteiger partial charge on any atom is -0.494 e. The van der Waals surface area contributed by atoms with Crippen molar-refractivity contribution in [2.24, 2.45) is 0 Å². The van der Waals surface area contributed by atoms with Gasteiger partial charge in [0.2, 0.25) is 0 Å². The van der Waals surface area contributed by atoms with Crippen molar-refractivity contribution in [1.29, 1.82) is 0 Å². The number of aliphatic carboxylic acids is 1. The Labute approximate surface area is 169 Å². The molecule has 5 heteroatoms. The fourth-order valence-corrected chi connectivity index (χ4v) is 5.36. The van der Waals surface area contributed by atoms with Crippen molar-refractivity contribution in [2.75, 3.05) is 13.2 Å². The maximum atomic E-state index is 12.0. The predicted octanol–water partition coefficient (Wildman–Crippen LogP) is 5.33. The number of likely N-dealkylation sites (tertiary alicyclic amines) is 1. The fraction of sp³-hybridized carbons (Fsp3) is 0.348. The highest BCUT2D eigenvalue weighted by atomic mass is 32.1. The Kier molecular flexibility index (Phi) is 5.64. The fourth-order valence-electron chi connectivity index (χ4n) is 4.15. The van der Waals surface area contributed by atoms with Gasteiger partial charge in [0, 0.05) is 15.1 Å². The molecule has 2 aromatic carbocycles. The first-order valence-electron chi connectivity index (χ1n) is 9.87. The average Bonchev–Trinajstić information content (AvgIpc) is 3.13. The minimum atomic E-state index is -0.736. The number of benzene rings is 2. The Morgan fingerprint density at radius 1 is 1.21 bits per heavy atom. The van der Waals surface area contributed by atoms with E-state index in [1.54, 1.807) is 11.3 Å². The van der Waals surface area contributed by atoms with E-state index in [2.05, 4.69) is 29.2 Å². The molecule has 1 N–H and O–H groups in total. The number of nitrogens with zero attached hydrogens (tertiary/aromatic N) is 1. The standard InChI is InChI=1S/C23H25NO3S/c1-2-27-19-12-5-4-10-17(19)22(24-14-8-7-11-18(24)23(25)26)21-15-16-9-3-6-13-20(16)28-21/h3-6,9-10,12-13,15,18,22H,2,7-8,11,14H2,1H3,(H,25,26). The minimum absolute atomic E-state index is 0.124. The van der Waals surface area contributed by atoms with Crippen LogP contribution in [0.15, 0.2) is 54.6 Å². The van der Waals surface area contributed by atoms with Gasteiger partial charge in [-0.05, 0) is 49.9 Å². The van der Waals surface area contributed by atoms with E-state index in [4.69, 9.17) is 4.74 Å². The highest BCUT2D eigenvalue weighted by Gasteiger charge is 2.37. The summed E-state index contributed by atoms with van der Waals surface area (Å²) in [5.41, 5.74) is 1.05. The number of hydrogen-bond donors (Lipinski definition) is 1. The van der Waals surface area contributed by atoms with Crippen molar-refractivity contribution in [1.82, 2.24) is 4.90 Å². The average molecular weight is 396 g/mol. The maximum Gasteiger partial charge on any atom is 0.320 e. The van der Waals surface area contributed by atoms with E-state index in [1.807, 2.05) is 37.3 Å². The molecule has 4 rings (SSSR count). The van der Waals surface area contributed by atoms with Gasteiger partial charge in [-0.25, -0.2) is 0 Å². The first-order valence-corrected chi connectivity index (χ1v) is 10.7. The topological polar surface area (TPSA) is 49.8 Å². The molecule has 0 saturated carbocycles. The van der Waals surface area contributed by atoms with Crippen LogP contribution in [-0.2, 0) is 4.79 Å². The van der Waals surface area contributed by atoms with Crippen LogP contribution in [0.4, 0.5) is 0 Å². The molecule has 2 atom stereocenters. The molecular weight excluding hydrogens is 370 g/mol. The maximum absolute atomic E-state index is 12.0. The number of ether oxygens (including phenoxy) is 1. The predicted molar refractivity (Wildman–Crippen MR) is 113 cm³/mol. The number of carboxylic acids is 1. The van der Waals surface area contributed by atoms with E-state index in [0.717, 1.165) is 30.7 Å². The third-order valence-corrected chi connectivity index (χ3v) is 6.56. The van der Waals surface area contributed by atoms with Gasteiger partial charge in [0.1, 0.15) is 11.8 Å². The molecule has 0 spiro atoms. The van der Waals surface area contributed by atoms with Crippen molar-refractivity contribution < 1.29 is 14.6 Å². The van der Waals surface area contributed by atoms with E-state index >= 15 is 0 Å². The lowest BCUT2D eigenvalue weighted by Crippen LogP contribution is -2.46. The molecule has 28 heavy (non-hydrogen) atoms. The van der Waals surface area contributed by atoms with Gasteiger partial charge in [0.15, 0.2) is 0 Å². The van der Waals surface area contributed by atoms with Crippen LogP contribution in [0.3, 0.4) is 0 Å². The Hall–Kier alpha value is -2.37. The zero-order valence-electron chi connectivity index (χ0n) is 16.0. The molecule has 0 bridgehead atoms. The van der Waals surface area contributed by atoms with Crippen molar-refractivity contribution in [3.63, 3.8) is 0 Å². The quantitative estimate of drug-likeness (QED) is 0.613. The number of para-hydroxylation sites is 1. The number of fused-ring (bicyclic) bond motifs is 1. The molecule has 146 valence electrons. The Bertz CT molecular complexity index is 934. The Morgan fingerprint density at radius 3 is 2.79 bits per heavy atom. The molecule has 0 radical (unpaired) electrons. The van der Waals surface area contributed by atoms with Crippen LogP contribution in [0.25, 0.3) is 10.1 Å². The first kappa shape index (κ1) is 19.0. The number of carboxylic acid groups (broad SMARTS) is 1. The number of hydrogen-bond acceptors (Lipinski definition) is 4. The summed E-state index contributed by atoms with van der Waals surface area (Å²) in [4.78, 5) is 15.4. The van der Waals surface area contributed by atoms with Crippen molar-refractivity contribution in [3.05, 3.63) is 65.0 Å². The van der Waals surface area contributed by atoms with E-state index in [9.17, 15) is 9.90 Å². The third-order valence-electron chi connectivity index (χ3n) is 5.39. The van der Waals surface area contributed by atoms with Gasteiger partial charge < -0.3 is 9.84 Å². The zero-order valence-corrected chi connectivity index (χ0v) is 16.8. The molecule has 0 amide bonds. The van der Waals surface area contributed by atoms with E-state index < -0.39 is 12.0 Å². The smallest absolute Gasteiger partial charge is 0.320 e. The third kappa shape index (κ3) is 3.64. The molecule has 1 saturated heterocycles. The highest BCUT2D eigenvalue weighted by Crippen LogP contribution is 2.42. The van der Waals surface area contributed by atoms with Crippen LogP contribution in [0.1, 0.15) is 42.7 Å². The van der Waals surface area contributed by atoms with Gasteiger partial charge >= 0.3 is 5.97 Å². The van der Waals surface area contributed by atoms with E-state index in [1.165, 1.54) is 15.0 Å². The second-order valence-corrected chi connectivity index (χ2v) is 8.26. The van der Waals surface area contributed by atoms with Crippen molar-refractivity contribution in [3.8, 4) is 5.75 Å². The lowest BCUT2D eigenvalue weighted by Gasteiger charge is -2.39. The molecule has 1 aliphatic rings. The second kappa shape index (κ2) is 8.33. The van der Waals surface area contributed by atoms with E-state index in [-0.39, 0.29) is 6.04 Å². The largest absolute Gasteiger partial charge is 0.494 e. The summed E-state index contributed by atoms with van der Waals surface area (Å²) in [5.74, 6) is 0.0990. The van der Waals surface area contributed by atoms with Crippen LogP contribution in [0.5, 0.6) is 5.75 Å². The van der Waals surface area contributed by atoms with Crippen molar-refractivity contribution in [2.45, 2.75) is 38.3 Å². The lowest BCUT2D eigenvalue weighted by molar-refractivity contribution is -0.145. The van der Waals surface area contributed by atoms with Gasteiger partial charge in [-0.3, -0.25) is 9.69 Å². The van der Waals surface area contributed by atoms with Crippen LogP contribution in [0, 0.1) is 0 Å². The van der Waals surface area contributed by atoms with Gasteiger partial charge in [-0.1, -0.05) is 42.8 Å². The van der Waals surface area contributed by atoms with Gasteiger partial charge in [0.05, 0.1) is 12.6 Å². The van der Waals surface area contributed by atoms with Gasteiger partial charge in [-0.2, -0.15) is 0 Å². The van der Waals surface area contributed by atoms with Gasteiger partial charge in [0.25, 0.3) is 0 Å². The van der Waals surface area contributed by atoms with Crippen molar-refractivity contribution >= 4 is 27.4 Å². The van der Waals surface area contributed by atoms with Gasteiger partial charge in [-0.15, -0.1) is 11.3 Å². The number of piperidine rings is 1.